The number of aromatic nitrogens is 2. The van der Waals surface area contributed by atoms with E-state index in [4.69, 9.17) is 4.74 Å². The third kappa shape index (κ3) is 3.32. The number of anilines is 1. The van der Waals surface area contributed by atoms with Crippen molar-refractivity contribution >= 4 is 5.82 Å². The minimum atomic E-state index is -0.0369. The van der Waals surface area contributed by atoms with Crippen LogP contribution in [0.3, 0.4) is 0 Å². The molecule has 5 nitrogen and oxygen atoms in total. The molecule has 1 unspecified atom stereocenters. The molecule has 2 heterocycles. The third-order valence-electron chi connectivity index (χ3n) is 3.06. The van der Waals surface area contributed by atoms with E-state index in [-0.39, 0.29) is 5.56 Å². The van der Waals surface area contributed by atoms with Crippen LogP contribution in [0.4, 0.5) is 5.82 Å². The molecule has 0 saturated carbocycles. The van der Waals surface area contributed by atoms with Crippen molar-refractivity contribution in [2.75, 3.05) is 25.1 Å². The van der Waals surface area contributed by atoms with Gasteiger partial charge in [0.25, 0.3) is 5.56 Å². The molecule has 1 saturated heterocycles. The van der Waals surface area contributed by atoms with Crippen LogP contribution in [0.1, 0.15) is 20.3 Å². The van der Waals surface area contributed by atoms with Crippen molar-refractivity contribution in [2.24, 2.45) is 11.8 Å². The molecule has 100 valence electrons. The van der Waals surface area contributed by atoms with E-state index < -0.39 is 0 Å². The van der Waals surface area contributed by atoms with Gasteiger partial charge in [-0.15, -0.1) is 0 Å². The Morgan fingerprint density at radius 2 is 2.44 bits per heavy atom. The topological polar surface area (TPSA) is 56.1 Å². The molecule has 5 heteroatoms. The van der Waals surface area contributed by atoms with Crippen LogP contribution in [0.5, 0.6) is 0 Å². The van der Waals surface area contributed by atoms with Gasteiger partial charge in [-0.3, -0.25) is 4.79 Å². The van der Waals surface area contributed by atoms with E-state index in [1.165, 1.54) is 0 Å². The minimum absolute atomic E-state index is 0.0369. The lowest BCUT2D eigenvalue weighted by Crippen LogP contribution is -2.27. The standard InChI is InChI=1S/C13H21N3O2/c1-10(2)8-16-5-4-14-12(13(16)17)15-7-11-3-6-18-9-11/h4-5,10-11H,3,6-9H2,1-2H3,(H,14,15). The minimum Gasteiger partial charge on any atom is -0.381 e. The molecule has 18 heavy (non-hydrogen) atoms. The Kier molecular flexibility index (Phi) is 4.36. The van der Waals surface area contributed by atoms with Crippen LogP contribution >= 0.6 is 0 Å². The van der Waals surface area contributed by atoms with Crippen LogP contribution < -0.4 is 10.9 Å². The van der Waals surface area contributed by atoms with E-state index in [2.05, 4.69) is 24.1 Å². The zero-order valence-corrected chi connectivity index (χ0v) is 11.1. The van der Waals surface area contributed by atoms with Gasteiger partial charge in [0, 0.05) is 38.0 Å². The lowest BCUT2D eigenvalue weighted by molar-refractivity contribution is 0.187. The molecule has 0 aliphatic carbocycles. The number of nitrogens with one attached hydrogen (secondary N) is 1. The maximum absolute atomic E-state index is 12.1. The summed E-state index contributed by atoms with van der Waals surface area (Å²) >= 11 is 0. The molecule has 1 atom stereocenters. The monoisotopic (exact) mass is 251 g/mol. The highest BCUT2D eigenvalue weighted by Gasteiger charge is 2.16. The van der Waals surface area contributed by atoms with Gasteiger partial charge < -0.3 is 14.6 Å². The van der Waals surface area contributed by atoms with Crippen LogP contribution in [0.15, 0.2) is 17.2 Å². The normalized spacial score (nSPS) is 19.4. The first-order valence-corrected chi connectivity index (χ1v) is 6.54. The van der Waals surface area contributed by atoms with Gasteiger partial charge >= 0.3 is 0 Å². The predicted octanol–water partition coefficient (Wildman–Crippen LogP) is 1.35. The molecular formula is C13H21N3O2. The summed E-state index contributed by atoms with van der Waals surface area (Å²) in [5, 5.41) is 3.14. The zero-order chi connectivity index (χ0) is 13.0. The first-order valence-electron chi connectivity index (χ1n) is 6.54. The van der Waals surface area contributed by atoms with E-state index in [9.17, 15) is 4.79 Å². The highest BCUT2D eigenvalue weighted by atomic mass is 16.5. The molecule has 2 rings (SSSR count). The molecule has 0 spiro atoms. The summed E-state index contributed by atoms with van der Waals surface area (Å²) in [6.07, 6.45) is 4.48. The highest BCUT2D eigenvalue weighted by Crippen LogP contribution is 2.12. The van der Waals surface area contributed by atoms with Crippen LogP contribution in [0.25, 0.3) is 0 Å². The fourth-order valence-corrected chi connectivity index (χ4v) is 2.09. The second-order valence-corrected chi connectivity index (χ2v) is 5.24. The summed E-state index contributed by atoms with van der Waals surface area (Å²) in [7, 11) is 0. The van der Waals surface area contributed by atoms with Gasteiger partial charge in [0.15, 0.2) is 5.82 Å². The maximum Gasteiger partial charge on any atom is 0.293 e. The predicted molar refractivity (Wildman–Crippen MR) is 70.8 cm³/mol. The van der Waals surface area contributed by atoms with Crippen molar-refractivity contribution in [3.05, 3.63) is 22.7 Å². The molecule has 1 fully saturated rings. The highest BCUT2D eigenvalue weighted by molar-refractivity contribution is 5.30. The molecule has 1 aliphatic rings. The summed E-state index contributed by atoms with van der Waals surface area (Å²) in [5.74, 6) is 1.39. The lowest BCUT2D eigenvalue weighted by Gasteiger charge is -2.12. The summed E-state index contributed by atoms with van der Waals surface area (Å²) in [6.45, 7) is 7.27. The summed E-state index contributed by atoms with van der Waals surface area (Å²) in [4.78, 5) is 16.2. The Morgan fingerprint density at radius 3 is 3.11 bits per heavy atom. The number of hydrogen-bond donors (Lipinski definition) is 1. The zero-order valence-electron chi connectivity index (χ0n) is 11.1. The Labute approximate surface area is 107 Å². The van der Waals surface area contributed by atoms with Crippen LogP contribution in [0, 0.1) is 11.8 Å². The van der Waals surface area contributed by atoms with Crippen molar-refractivity contribution in [2.45, 2.75) is 26.8 Å². The van der Waals surface area contributed by atoms with Gasteiger partial charge in [0.1, 0.15) is 0 Å². The summed E-state index contributed by atoms with van der Waals surface area (Å²) in [5.41, 5.74) is -0.0369. The molecule has 0 radical (unpaired) electrons. The molecule has 0 amide bonds. The quantitative estimate of drug-likeness (QED) is 0.858. The average molecular weight is 251 g/mol. The summed E-state index contributed by atoms with van der Waals surface area (Å²) in [6, 6.07) is 0. The average Bonchev–Trinajstić information content (AvgIpc) is 2.83. The van der Waals surface area contributed by atoms with E-state index in [0.717, 1.165) is 32.7 Å². The molecule has 1 aromatic rings. The van der Waals surface area contributed by atoms with Crippen molar-refractivity contribution in [3.63, 3.8) is 0 Å². The van der Waals surface area contributed by atoms with Gasteiger partial charge in [-0.2, -0.15) is 0 Å². The Bertz CT molecular complexity index is 436. The largest absolute Gasteiger partial charge is 0.381 e. The first kappa shape index (κ1) is 13.1. The molecule has 1 N–H and O–H groups in total. The number of nitrogens with zero attached hydrogens (tertiary/aromatic N) is 2. The van der Waals surface area contributed by atoms with Crippen molar-refractivity contribution in [1.29, 1.82) is 0 Å². The maximum atomic E-state index is 12.1. The SMILES string of the molecule is CC(C)Cn1ccnc(NCC2CCOC2)c1=O. The van der Waals surface area contributed by atoms with Crippen LogP contribution in [0.2, 0.25) is 0 Å². The van der Waals surface area contributed by atoms with E-state index in [0.29, 0.717) is 17.7 Å². The Morgan fingerprint density at radius 1 is 1.61 bits per heavy atom. The smallest absolute Gasteiger partial charge is 0.293 e. The molecular weight excluding hydrogens is 230 g/mol. The van der Waals surface area contributed by atoms with Crippen molar-refractivity contribution in [1.82, 2.24) is 9.55 Å². The fraction of sp³-hybridized carbons (Fsp3) is 0.692. The van der Waals surface area contributed by atoms with Crippen LogP contribution in [-0.4, -0.2) is 29.3 Å². The van der Waals surface area contributed by atoms with Crippen LogP contribution in [-0.2, 0) is 11.3 Å². The first-order chi connectivity index (χ1) is 8.66. The van der Waals surface area contributed by atoms with Crippen molar-refractivity contribution in [3.8, 4) is 0 Å². The Hall–Kier alpha value is -1.36. The molecule has 0 bridgehead atoms. The lowest BCUT2D eigenvalue weighted by atomic mass is 10.1. The van der Waals surface area contributed by atoms with E-state index in [1.807, 2.05) is 0 Å². The Balaban J connectivity index is 2.01. The van der Waals surface area contributed by atoms with Gasteiger partial charge in [0.2, 0.25) is 0 Å². The van der Waals surface area contributed by atoms with Gasteiger partial charge in [-0.1, -0.05) is 13.8 Å². The van der Waals surface area contributed by atoms with Crippen molar-refractivity contribution < 1.29 is 4.74 Å². The number of ether oxygens (including phenoxy) is 1. The van der Waals surface area contributed by atoms with E-state index in [1.54, 1.807) is 17.0 Å². The number of rotatable bonds is 5. The fourth-order valence-electron chi connectivity index (χ4n) is 2.09. The molecule has 1 aromatic heterocycles. The molecule has 1 aliphatic heterocycles. The second kappa shape index (κ2) is 6.00. The van der Waals surface area contributed by atoms with Gasteiger partial charge in [0.05, 0.1) is 6.61 Å². The van der Waals surface area contributed by atoms with E-state index >= 15 is 0 Å². The third-order valence-corrected chi connectivity index (χ3v) is 3.06. The summed E-state index contributed by atoms with van der Waals surface area (Å²) < 4.78 is 7.02. The van der Waals surface area contributed by atoms with Gasteiger partial charge in [-0.05, 0) is 12.3 Å². The number of hydrogen-bond acceptors (Lipinski definition) is 4. The molecule has 0 aromatic carbocycles. The second-order valence-electron chi connectivity index (χ2n) is 5.24. The van der Waals surface area contributed by atoms with Gasteiger partial charge in [-0.25, -0.2) is 4.98 Å².